The molecule has 16 heavy (non-hydrogen) atoms. The lowest BCUT2D eigenvalue weighted by molar-refractivity contribution is 0.226. The smallest absolute Gasteiger partial charge is 0.123 e. The maximum Gasteiger partial charge on any atom is 0.123 e. The topological polar surface area (TPSA) is 32.3 Å². The van der Waals surface area contributed by atoms with Crippen LogP contribution in [0.2, 0.25) is 0 Å². The quantitative estimate of drug-likeness (QED) is 0.780. The fourth-order valence-electron chi connectivity index (χ4n) is 1.73. The van der Waals surface area contributed by atoms with Crippen molar-refractivity contribution in [2.75, 3.05) is 6.61 Å². The summed E-state index contributed by atoms with van der Waals surface area (Å²) < 4.78 is 12.8. The van der Waals surface area contributed by atoms with Gasteiger partial charge in [-0.05, 0) is 30.5 Å². The van der Waals surface area contributed by atoms with Crippen LogP contribution in [0.25, 0.3) is 0 Å². The molecule has 0 aliphatic carbocycles. The molecule has 0 bridgehead atoms. The summed E-state index contributed by atoms with van der Waals surface area (Å²) in [6.07, 6.45) is 1.80. The lowest BCUT2D eigenvalue weighted by atomic mass is 10.0. The van der Waals surface area contributed by atoms with E-state index in [-0.39, 0.29) is 24.5 Å². The predicted molar refractivity (Wildman–Crippen MR) is 63.7 cm³/mol. The van der Waals surface area contributed by atoms with E-state index in [2.05, 4.69) is 12.2 Å². The number of hydrogen-bond acceptors (Lipinski definition) is 2. The second kappa shape index (κ2) is 6.61. The predicted octanol–water partition coefficient (Wildman–Crippen LogP) is 2.64. The van der Waals surface area contributed by atoms with Crippen LogP contribution in [0.15, 0.2) is 24.3 Å². The zero-order chi connectivity index (χ0) is 12.0. The first kappa shape index (κ1) is 13.1. The molecule has 2 nitrogen and oxygen atoms in total. The van der Waals surface area contributed by atoms with Crippen LogP contribution < -0.4 is 5.32 Å². The number of rotatable bonds is 6. The number of hydrogen-bond donors (Lipinski definition) is 2. The Morgan fingerprint density at radius 3 is 2.25 bits per heavy atom. The van der Waals surface area contributed by atoms with Crippen molar-refractivity contribution in [2.45, 2.75) is 38.8 Å². The van der Waals surface area contributed by atoms with Crippen molar-refractivity contribution >= 4 is 0 Å². The van der Waals surface area contributed by atoms with E-state index in [9.17, 15) is 4.39 Å². The van der Waals surface area contributed by atoms with Gasteiger partial charge in [0.1, 0.15) is 5.82 Å². The van der Waals surface area contributed by atoms with E-state index in [1.54, 1.807) is 12.1 Å². The minimum absolute atomic E-state index is 0.106. The fraction of sp³-hybridized carbons (Fsp3) is 0.538. The molecule has 0 radical (unpaired) electrons. The lowest BCUT2D eigenvalue weighted by Gasteiger charge is -2.23. The number of aliphatic hydroxyl groups excluding tert-OH is 1. The summed E-state index contributed by atoms with van der Waals surface area (Å²) in [7, 11) is 0. The highest BCUT2D eigenvalue weighted by molar-refractivity contribution is 5.19. The van der Waals surface area contributed by atoms with Crippen molar-refractivity contribution in [3.05, 3.63) is 35.6 Å². The van der Waals surface area contributed by atoms with Crippen molar-refractivity contribution in [3.63, 3.8) is 0 Å². The highest BCUT2D eigenvalue weighted by Crippen LogP contribution is 2.18. The van der Waals surface area contributed by atoms with Gasteiger partial charge in [0.25, 0.3) is 0 Å². The molecule has 0 saturated carbocycles. The largest absolute Gasteiger partial charge is 0.395 e. The molecule has 0 amide bonds. The highest BCUT2D eigenvalue weighted by Gasteiger charge is 2.13. The Morgan fingerprint density at radius 1 is 1.19 bits per heavy atom. The van der Waals surface area contributed by atoms with Crippen molar-refractivity contribution in [2.24, 2.45) is 0 Å². The third-order valence-corrected chi connectivity index (χ3v) is 2.83. The zero-order valence-corrected chi connectivity index (χ0v) is 9.91. The summed E-state index contributed by atoms with van der Waals surface area (Å²) in [6.45, 7) is 4.24. The Labute approximate surface area is 96.5 Å². The average Bonchev–Trinajstić information content (AvgIpc) is 2.32. The van der Waals surface area contributed by atoms with Crippen molar-refractivity contribution in [3.8, 4) is 0 Å². The molecule has 0 spiro atoms. The molecule has 1 aromatic rings. The van der Waals surface area contributed by atoms with Crippen molar-refractivity contribution in [1.82, 2.24) is 5.32 Å². The van der Waals surface area contributed by atoms with E-state index in [0.29, 0.717) is 0 Å². The molecular formula is C13H20FNO. The normalized spacial score (nSPS) is 14.8. The van der Waals surface area contributed by atoms with Crippen LogP contribution >= 0.6 is 0 Å². The Kier molecular flexibility index (Phi) is 5.43. The maximum atomic E-state index is 12.8. The summed E-state index contributed by atoms with van der Waals surface area (Å²) in [5.41, 5.74) is 1.07. The summed E-state index contributed by atoms with van der Waals surface area (Å²) in [6, 6.07) is 6.81. The molecule has 2 N–H and O–H groups in total. The van der Waals surface area contributed by atoms with E-state index < -0.39 is 0 Å². The monoisotopic (exact) mass is 225 g/mol. The summed E-state index contributed by atoms with van der Waals surface area (Å²) >= 11 is 0. The second-order valence-corrected chi connectivity index (χ2v) is 3.97. The fourth-order valence-corrected chi connectivity index (χ4v) is 1.73. The number of benzene rings is 1. The Hall–Kier alpha value is -0.930. The van der Waals surface area contributed by atoms with E-state index in [1.807, 2.05) is 6.92 Å². The Balaban J connectivity index is 2.70. The third-order valence-electron chi connectivity index (χ3n) is 2.83. The minimum Gasteiger partial charge on any atom is -0.395 e. The van der Waals surface area contributed by atoms with Gasteiger partial charge in [0.15, 0.2) is 0 Å². The van der Waals surface area contributed by atoms with Crippen LogP contribution in [-0.4, -0.2) is 17.8 Å². The second-order valence-electron chi connectivity index (χ2n) is 3.97. The highest BCUT2D eigenvalue weighted by atomic mass is 19.1. The van der Waals surface area contributed by atoms with Gasteiger partial charge in [-0.25, -0.2) is 4.39 Å². The first-order valence-corrected chi connectivity index (χ1v) is 5.83. The summed E-state index contributed by atoms with van der Waals surface area (Å²) in [4.78, 5) is 0. The molecular weight excluding hydrogens is 205 g/mol. The molecule has 0 aliphatic heterocycles. The van der Waals surface area contributed by atoms with Crippen LogP contribution in [0.1, 0.15) is 38.3 Å². The van der Waals surface area contributed by atoms with Crippen LogP contribution in [0.3, 0.4) is 0 Å². The summed E-state index contributed by atoms with van der Waals surface area (Å²) in [5, 5.41) is 12.5. The SMILES string of the molecule is CCC(CO)NC(CC)c1ccc(F)cc1. The molecule has 0 aromatic heterocycles. The third kappa shape index (κ3) is 3.58. The molecule has 0 aliphatic rings. The van der Waals surface area contributed by atoms with Gasteiger partial charge < -0.3 is 10.4 Å². The van der Waals surface area contributed by atoms with Crippen LogP contribution in [0.4, 0.5) is 4.39 Å². The van der Waals surface area contributed by atoms with Gasteiger partial charge in [-0.15, -0.1) is 0 Å². The van der Waals surface area contributed by atoms with Gasteiger partial charge in [-0.3, -0.25) is 0 Å². The number of halogens is 1. The van der Waals surface area contributed by atoms with E-state index in [1.165, 1.54) is 12.1 Å². The molecule has 0 fully saturated rings. The number of nitrogens with one attached hydrogen (secondary N) is 1. The van der Waals surface area contributed by atoms with Gasteiger partial charge in [0.2, 0.25) is 0 Å². The van der Waals surface area contributed by atoms with Crippen LogP contribution in [0, 0.1) is 5.82 Å². The van der Waals surface area contributed by atoms with Gasteiger partial charge in [0.05, 0.1) is 6.61 Å². The lowest BCUT2D eigenvalue weighted by Crippen LogP contribution is -2.34. The van der Waals surface area contributed by atoms with E-state index in [0.717, 1.165) is 18.4 Å². The van der Waals surface area contributed by atoms with E-state index in [4.69, 9.17) is 5.11 Å². The van der Waals surface area contributed by atoms with Crippen LogP contribution in [-0.2, 0) is 0 Å². The maximum absolute atomic E-state index is 12.8. The van der Waals surface area contributed by atoms with E-state index >= 15 is 0 Å². The van der Waals surface area contributed by atoms with Gasteiger partial charge >= 0.3 is 0 Å². The first-order valence-electron chi connectivity index (χ1n) is 5.83. The molecule has 2 unspecified atom stereocenters. The molecule has 2 atom stereocenters. The molecule has 0 heterocycles. The van der Waals surface area contributed by atoms with Crippen LogP contribution in [0.5, 0.6) is 0 Å². The number of aliphatic hydroxyl groups is 1. The standard InChI is InChI=1S/C13H20FNO/c1-3-12(9-16)15-13(4-2)10-5-7-11(14)8-6-10/h5-8,12-13,15-16H,3-4,9H2,1-2H3. The molecule has 3 heteroatoms. The van der Waals surface area contributed by atoms with Crippen molar-refractivity contribution in [1.29, 1.82) is 0 Å². The van der Waals surface area contributed by atoms with Crippen molar-refractivity contribution < 1.29 is 9.50 Å². The molecule has 1 rings (SSSR count). The Bertz CT molecular complexity index is 295. The zero-order valence-electron chi connectivity index (χ0n) is 9.91. The molecule has 90 valence electrons. The molecule has 1 aromatic carbocycles. The van der Waals surface area contributed by atoms with Gasteiger partial charge in [0, 0.05) is 12.1 Å². The van der Waals surface area contributed by atoms with Gasteiger partial charge in [-0.1, -0.05) is 26.0 Å². The van der Waals surface area contributed by atoms with Gasteiger partial charge in [-0.2, -0.15) is 0 Å². The average molecular weight is 225 g/mol. The first-order chi connectivity index (χ1) is 7.71. The minimum atomic E-state index is -0.215. The summed E-state index contributed by atoms with van der Waals surface area (Å²) in [5.74, 6) is -0.215. The molecule has 0 saturated heterocycles. The Morgan fingerprint density at radius 2 is 1.81 bits per heavy atom.